The highest BCUT2D eigenvalue weighted by Crippen LogP contribution is 2.27. The number of fused-ring (bicyclic) bond motifs is 1. The smallest absolute Gasteiger partial charge is 0.355 e. The fraction of sp³-hybridized carbons (Fsp3) is 0.500. The van der Waals surface area contributed by atoms with Crippen LogP contribution in [0, 0.1) is 0 Å². The van der Waals surface area contributed by atoms with Crippen LogP contribution in [0.3, 0.4) is 0 Å². The number of rotatable bonds is 2. The van der Waals surface area contributed by atoms with E-state index in [2.05, 4.69) is 9.17 Å². The number of nitrogens with two attached hydrogens (primary N) is 1. The predicted octanol–water partition coefficient (Wildman–Crippen LogP) is 1.13. The van der Waals surface area contributed by atoms with Crippen molar-refractivity contribution in [2.24, 2.45) is 5.73 Å². The summed E-state index contributed by atoms with van der Waals surface area (Å²) >= 11 is 0. The van der Waals surface area contributed by atoms with E-state index in [0.717, 1.165) is 11.6 Å². The number of aromatic nitrogens is 1. The molecule has 0 saturated heterocycles. The van der Waals surface area contributed by atoms with Gasteiger partial charge in [-0.3, -0.25) is 0 Å². The Morgan fingerprint density at radius 3 is 2.68 bits per heavy atom. The van der Waals surface area contributed by atoms with Crippen LogP contribution in [-0.4, -0.2) is 25.0 Å². The number of hydrogen-bond donors (Lipinski definition) is 1. The molecule has 0 bridgehead atoms. The van der Waals surface area contributed by atoms with E-state index in [1.165, 1.54) is 6.07 Å². The molecule has 9 heteroatoms. The van der Waals surface area contributed by atoms with Gasteiger partial charge in [-0.15, -0.1) is 0 Å². The van der Waals surface area contributed by atoms with Gasteiger partial charge in [0.2, 0.25) is 5.88 Å². The van der Waals surface area contributed by atoms with E-state index < -0.39 is 21.5 Å². The van der Waals surface area contributed by atoms with Crippen LogP contribution in [-0.2, 0) is 23.0 Å². The molecule has 0 spiro atoms. The van der Waals surface area contributed by atoms with E-state index in [-0.39, 0.29) is 6.04 Å². The maximum absolute atomic E-state index is 12.2. The lowest BCUT2D eigenvalue weighted by molar-refractivity contribution is -0.0501. The normalized spacial score (nSPS) is 19.9. The highest BCUT2D eigenvalue weighted by atomic mass is 32.2. The van der Waals surface area contributed by atoms with Crippen LogP contribution in [0.25, 0.3) is 0 Å². The lowest BCUT2D eigenvalue weighted by atomic mass is 9.92. The fourth-order valence-electron chi connectivity index (χ4n) is 1.83. The van der Waals surface area contributed by atoms with E-state index in [1.54, 1.807) is 0 Å². The zero-order valence-corrected chi connectivity index (χ0v) is 10.5. The first-order chi connectivity index (χ1) is 8.69. The topological polar surface area (TPSA) is 82.3 Å². The van der Waals surface area contributed by atoms with Gasteiger partial charge in [-0.05, 0) is 24.8 Å². The number of aryl methyl sites for hydroxylation is 1. The van der Waals surface area contributed by atoms with Gasteiger partial charge in [-0.1, -0.05) is 6.07 Å². The second kappa shape index (κ2) is 4.64. The third-order valence-electron chi connectivity index (χ3n) is 2.76. The Hall–Kier alpha value is -1.35. The van der Waals surface area contributed by atoms with Gasteiger partial charge in [-0.25, -0.2) is 4.98 Å². The molecule has 2 rings (SSSR count). The van der Waals surface area contributed by atoms with Crippen molar-refractivity contribution in [3.63, 3.8) is 0 Å². The molecule has 1 aromatic rings. The van der Waals surface area contributed by atoms with Gasteiger partial charge >= 0.3 is 15.6 Å². The van der Waals surface area contributed by atoms with Crippen molar-refractivity contribution >= 4 is 10.1 Å². The first kappa shape index (κ1) is 14.1. The fourth-order valence-corrected chi connectivity index (χ4v) is 2.24. The summed E-state index contributed by atoms with van der Waals surface area (Å²) in [6.45, 7) is 0. The van der Waals surface area contributed by atoms with Gasteiger partial charge in [-0.2, -0.15) is 21.6 Å². The highest BCUT2D eigenvalue weighted by molar-refractivity contribution is 7.87. The zero-order chi connectivity index (χ0) is 14.3. The molecule has 19 heavy (non-hydrogen) atoms. The lowest BCUT2D eigenvalue weighted by Gasteiger charge is -2.20. The molecule has 0 fully saturated rings. The second-order valence-corrected chi connectivity index (χ2v) is 5.78. The summed E-state index contributed by atoms with van der Waals surface area (Å²) in [4.78, 5) is 3.79. The number of hydrogen-bond acceptors (Lipinski definition) is 5. The minimum Gasteiger partial charge on any atom is -0.355 e. The van der Waals surface area contributed by atoms with Crippen LogP contribution in [0.15, 0.2) is 12.1 Å². The molecule has 1 aliphatic carbocycles. The van der Waals surface area contributed by atoms with Crippen molar-refractivity contribution in [2.75, 3.05) is 0 Å². The average Bonchev–Trinajstić information content (AvgIpc) is 2.27. The quantitative estimate of drug-likeness (QED) is 0.653. The molecule has 0 saturated carbocycles. The second-order valence-electron chi connectivity index (χ2n) is 4.24. The number of halogens is 3. The summed E-state index contributed by atoms with van der Waals surface area (Å²) in [6.07, 6.45) is 1.70. The Bertz CT molecular complexity index is 586. The van der Waals surface area contributed by atoms with Crippen molar-refractivity contribution in [2.45, 2.75) is 30.8 Å². The van der Waals surface area contributed by atoms with Gasteiger partial charge < -0.3 is 9.92 Å². The van der Waals surface area contributed by atoms with Crippen LogP contribution >= 0.6 is 0 Å². The molecule has 106 valence electrons. The molecular weight excluding hydrogens is 285 g/mol. The molecule has 2 N–H and O–H groups in total. The van der Waals surface area contributed by atoms with Gasteiger partial charge in [0, 0.05) is 17.8 Å². The maximum Gasteiger partial charge on any atom is 0.534 e. The number of alkyl halides is 3. The summed E-state index contributed by atoms with van der Waals surface area (Å²) in [5, 5.41) is 0. The SMILES string of the molecule is N[C@H]1CCc2nc(OS(=O)(=O)C(F)(F)F)ccc2C1. The lowest BCUT2D eigenvalue weighted by Crippen LogP contribution is -2.30. The third-order valence-corrected chi connectivity index (χ3v) is 3.71. The first-order valence-electron chi connectivity index (χ1n) is 5.44. The Morgan fingerprint density at radius 2 is 2.05 bits per heavy atom. The minimum atomic E-state index is -5.68. The molecule has 1 heterocycles. The Kier molecular flexibility index (Phi) is 3.43. The molecule has 5 nitrogen and oxygen atoms in total. The summed E-state index contributed by atoms with van der Waals surface area (Å²) in [7, 11) is -5.68. The van der Waals surface area contributed by atoms with Crippen molar-refractivity contribution < 1.29 is 25.8 Å². The molecular formula is C10H11F3N2O3S. The molecule has 1 atom stereocenters. The van der Waals surface area contributed by atoms with Crippen molar-refractivity contribution in [3.8, 4) is 5.88 Å². The standard InChI is InChI=1S/C10H11F3N2O3S/c11-10(12,13)19(16,17)18-9-4-1-6-5-7(14)2-3-8(6)15-9/h1,4,7H,2-3,5,14H2/t7-/m0/s1. The van der Waals surface area contributed by atoms with E-state index in [4.69, 9.17) is 5.73 Å². The average molecular weight is 296 g/mol. The first-order valence-corrected chi connectivity index (χ1v) is 6.85. The Balaban J connectivity index is 2.25. The van der Waals surface area contributed by atoms with Crippen molar-refractivity contribution in [1.29, 1.82) is 0 Å². The monoisotopic (exact) mass is 296 g/mol. The maximum atomic E-state index is 12.2. The van der Waals surface area contributed by atoms with Gasteiger partial charge in [0.05, 0.1) is 0 Å². The Morgan fingerprint density at radius 1 is 1.37 bits per heavy atom. The van der Waals surface area contributed by atoms with Gasteiger partial charge in [0.25, 0.3) is 0 Å². The van der Waals surface area contributed by atoms with Crippen LogP contribution < -0.4 is 9.92 Å². The van der Waals surface area contributed by atoms with E-state index >= 15 is 0 Å². The molecule has 1 aliphatic rings. The largest absolute Gasteiger partial charge is 0.534 e. The van der Waals surface area contributed by atoms with Crippen molar-refractivity contribution in [1.82, 2.24) is 4.98 Å². The summed E-state index contributed by atoms with van der Waals surface area (Å²) in [5.74, 6) is -0.577. The predicted molar refractivity (Wildman–Crippen MR) is 59.8 cm³/mol. The van der Waals surface area contributed by atoms with Crippen LogP contribution in [0.5, 0.6) is 5.88 Å². The number of pyridine rings is 1. The van der Waals surface area contributed by atoms with Crippen molar-refractivity contribution in [3.05, 3.63) is 23.4 Å². The van der Waals surface area contributed by atoms with E-state index in [1.807, 2.05) is 0 Å². The van der Waals surface area contributed by atoms with Gasteiger partial charge in [0.15, 0.2) is 0 Å². The molecule has 0 aromatic carbocycles. The van der Waals surface area contributed by atoms with Gasteiger partial charge in [0.1, 0.15) is 0 Å². The molecule has 0 amide bonds. The Labute approximate surface area is 107 Å². The highest BCUT2D eigenvalue weighted by Gasteiger charge is 2.48. The minimum absolute atomic E-state index is 0.0139. The molecule has 0 unspecified atom stereocenters. The van der Waals surface area contributed by atoms with Crippen LogP contribution in [0.2, 0.25) is 0 Å². The third kappa shape index (κ3) is 2.98. The molecule has 0 aliphatic heterocycles. The van der Waals surface area contributed by atoms with E-state index in [9.17, 15) is 21.6 Å². The summed E-state index contributed by atoms with van der Waals surface area (Å²) < 4.78 is 62.1. The molecule has 0 radical (unpaired) electrons. The van der Waals surface area contributed by atoms with Crippen LogP contribution in [0.1, 0.15) is 17.7 Å². The molecule has 1 aromatic heterocycles. The zero-order valence-electron chi connectivity index (χ0n) is 9.64. The summed E-state index contributed by atoms with van der Waals surface area (Å²) in [5.41, 5.74) is 1.60. The number of nitrogens with zero attached hydrogens (tertiary/aromatic N) is 1. The summed E-state index contributed by atoms with van der Waals surface area (Å²) in [6, 6.07) is 2.57. The van der Waals surface area contributed by atoms with Crippen LogP contribution in [0.4, 0.5) is 13.2 Å². The van der Waals surface area contributed by atoms with E-state index in [0.29, 0.717) is 25.0 Å².